The number of hydrogen-bond acceptors (Lipinski definition) is 8. The third-order valence-electron chi connectivity index (χ3n) is 8.89. The molecule has 2 aromatic rings. The van der Waals surface area contributed by atoms with Crippen molar-refractivity contribution in [3.05, 3.63) is 59.3 Å². The van der Waals surface area contributed by atoms with Crippen LogP contribution in [-0.4, -0.2) is 86.7 Å². The first kappa shape index (κ1) is 25.7. The second-order valence-corrected chi connectivity index (χ2v) is 14.3. The molecular weight excluding hydrogens is 607 g/mol. The fraction of sp³-hybridized carbons (Fsp3) is 0.552. The Balaban J connectivity index is 1.20. The number of carbonyl (C=O) groups is 1. The summed E-state index contributed by atoms with van der Waals surface area (Å²) >= 11 is -0.576. The Bertz CT molecular complexity index is 1280. The zero-order valence-electron chi connectivity index (χ0n) is 22.5. The van der Waals surface area contributed by atoms with E-state index < -0.39 is 21.5 Å². The van der Waals surface area contributed by atoms with Crippen LogP contribution in [0.4, 0.5) is 5.82 Å². The van der Waals surface area contributed by atoms with E-state index in [1.54, 1.807) is 0 Å². The minimum absolute atomic E-state index is 0.00135. The van der Waals surface area contributed by atoms with Crippen LogP contribution in [0, 0.1) is 0 Å². The van der Waals surface area contributed by atoms with Crippen molar-refractivity contribution in [3.63, 3.8) is 0 Å². The van der Waals surface area contributed by atoms with Gasteiger partial charge in [-0.15, -0.1) is 0 Å². The van der Waals surface area contributed by atoms with Crippen LogP contribution in [0.3, 0.4) is 0 Å². The molecule has 1 aromatic carbocycles. The number of halogens is 1. The first-order valence-corrected chi connectivity index (χ1v) is 16.3. The molecule has 0 spiro atoms. The SMILES string of the molecule is C=CC(=O)N1CC2COCC1[I-]N2c1nc(OC[C@@H]2CCCN2C)nc2c1CN(C1CCc3ccccc31)C2. The van der Waals surface area contributed by atoms with E-state index in [1.165, 1.54) is 29.2 Å². The molecule has 4 fully saturated rings. The third kappa shape index (κ3) is 4.72. The number of nitrogens with zero attached hydrogens (tertiary/aromatic N) is 6. The molecule has 2 bridgehead atoms. The number of ether oxygens (including phenoxy) is 2. The zero-order chi connectivity index (χ0) is 26.5. The first-order chi connectivity index (χ1) is 19.1. The Morgan fingerprint density at radius 2 is 2.13 bits per heavy atom. The van der Waals surface area contributed by atoms with E-state index in [-0.39, 0.29) is 16.0 Å². The van der Waals surface area contributed by atoms with E-state index in [0.717, 1.165) is 50.4 Å². The van der Waals surface area contributed by atoms with Crippen LogP contribution in [0.5, 0.6) is 6.01 Å². The van der Waals surface area contributed by atoms with Crippen molar-refractivity contribution in [2.75, 3.05) is 43.1 Å². The van der Waals surface area contributed by atoms with Crippen LogP contribution >= 0.6 is 0 Å². The molecule has 4 saturated heterocycles. The van der Waals surface area contributed by atoms with Crippen LogP contribution < -0.4 is 29.3 Å². The van der Waals surface area contributed by atoms with E-state index in [0.29, 0.717) is 44.5 Å². The van der Waals surface area contributed by atoms with Crippen molar-refractivity contribution in [1.82, 2.24) is 24.7 Å². The van der Waals surface area contributed by atoms with Gasteiger partial charge in [0.2, 0.25) is 0 Å². The minimum atomic E-state index is -0.576. The van der Waals surface area contributed by atoms with Gasteiger partial charge in [0.15, 0.2) is 0 Å². The third-order valence-corrected chi connectivity index (χ3v) is 12.4. The normalized spacial score (nSPS) is 28.6. The number of carbonyl (C=O) groups excluding carboxylic acids is 1. The fourth-order valence-corrected chi connectivity index (χ4v) is 10.1. The first-order valence-electron chi connectivity index (χ1n) is 14.1. The number of anilines is 1. The molecule has 208 valence electrons. The van der Waals surface area contributed by atoms with Crippen molar-refractivity contribution < 1.29 is 35.7 Å². The molecule has 4 atom stereocenters. The zero-order valence-corrected chi connectivity index (χ0v) is 24.6. The van der Waals surface area contributed by atoms with Gasteiger partial charge in [-0.3, -0.25) is 0 Å². The molecule has 1 amide bonds. The van der Waals surface area contributed by atoms with Gasteiger partial charge >= 0.3 is 241 Å². The van der Waals surface area contributed by atoms with Crippen molar-refractivity contribution >= 4 is 11.7 Å². The van der Waals surface area contributed by atoms with Gasteiger partial charge in [0.05, 0.1) is 0 Å². The topological polar surface area (TPSA) is 74.3 Å². The van der Waals surface area contributed by atoms with E-state index >= 15 is 0 Å². The second-order valence-electron chi connectivity index (χ2n) is 11.2. The molecule has 0 radical (unpaired) electrons. The Kier molecular flexibility index (Phi) is 6.98. The van der Waals surface area contributed by atoms with E-state index in [1.807, 2.05) is 4.90 Å². The summed E-state index contributed by atoms with van der Waals surface area (Å²) in [4.78, 5) is 29.6. The van der Waals surface area contributed by atoms with Gasteiger partial charge in [-0.25, -0.2) is 0 Å². The standard InChI is InChI=1S/C29H36IN6O3/c1-3-27(37)35-13-21-16-38-18-26(35)30-36(21)28-23-14-34(25-11-10-19-7-4-5-9-22(19)25)15-24(23)31-29(32-28)39-17-20-8-6-12-33(20)2/h3-5,7,9,20-21,25-26H,1,6,8,10-18H2,2H3/q-1/t20-,21?,25?,26?/m0/s1. The van der Waals surface area contributed by atoms with Crippen LogP contribution in [0.25, 0.3) is 0 Å². The summed E-state index contributed by atoms with van der Waals surface area (Å²) in [6.07, 6.45) is 6.05. The Morgan fingerprint density at radius 1 is 1.23 bits per heavy atom. The van der Waals surface area contributed by atoms with Crippen LogP contribution in [-0.2, 0) is 29.0 Å². The number of alkyl halides is 1. The van der Waals surface area contributed by atoms with Gasteiger partial charge in [0, 0.05) is 0 Å². The average Bonchev–Trinajstić information content (AvgIpc) is 3.61. The molecular formula is C29H36IN6O3-. The van der Waals surface area contributed by atoms with Gasteiger partial charge in [0.1, 0.15) is 0 Å². The van der Waals surface area contributed by atoms with Crippen molar-refractivity contribution in [2.45, 2.75) is 60.9 Å². The second kappa shape index (κ2) is 10.6. The molecule has 8 rings (SSSR count). The van der Waals surface area contributed by atoms with Crippen LogP contribution in [0.15, 0.2) is 36.9 Å². The summed E-state index contributed by atoms with van der Waals surface area (Å²) in [6, 6.07) is 10.2. The quantitative estimate of drug-likeness (QED) is 0.138. The molecule has 1 aromatic heterocycles. The van der Waals surface area contributed by atoms with E-state index in [2.05, 4.69) is 50.8 Å². The van der Waals surface area contributed by atoms with Gasteiger partial charge < -0.3 is 0 Å². The Morgan fingerprint density at radius 3 is 2.97 bits per heavy atom. The molecule has 5 aliphatic heterocycles. The number of likely N-dealkylation sites (tertiary alicyclic amines) is 1. The molecule has 39 heavy (non-hydrogen) atoms. The van der Waals surface area contributed by atoms with Gasteiger partial charge in [-0.05, 0) is 0 Å². The predicted molar refractivity (Wildman–Crippen MR) is 143 cm³/mol. The number of likely N-dealkylation sites (N-methyl/N-ethyl adjacent to an activating group) is 1. The van der Waals surface area contributed by atoms with E-state index in [4.69, 9.17) is 19.4 Å². The van der Waals surface area contributed by atoms with Gasteiger partial charge in [-0.2, -0.15) is 0 Å². The molecule has 0 N–H and O–H groups in total. The number of hydrogen-bond donors (Lipinski definition) is 0. The summed E-state index contributed by atoms with van der Waals surface area (Å²) in [5.41, 5.74) is 5.23. The fourth-order valence-electron chi connectivity index (χ4n) is 6.74. The van der Waals surface area contributed by atoms with Gasteiger partial charge in [-0.1, -0.05) is 0 Å². The maximum absolute atomic E-state index is 12.6. The molecule has 3 unspecified atom stereocenters. The average molecular weight is 644 g/mol. The molecule has 10 heteroatoms. The summed E-state index contributed by atoms with van der Waals surface area (Å²) in [6.45, 7) is 8.91. The number of aryl methyl sites for hydroxylation is 1. The predicted octanol–water partition coefficient (Wildman–Crippen LogP) is -0.484. The molecule has 0 saturated carbocycles. The number of benzene rings is 1. The summed E-state index contributed by atoms with van der Waals surface area (Å²) < 4.78 is 14.9. The van der Waals surface area contributed by atoms with Gasteiger partial charge in [0.25, 0.3) is 0 Å². The summed E-state index contributed by atoms with van der Waals surface area (Å²) in [7, 11) is 2.17. The summed E-state index contributed by atoms with van der Waals surface area (Å²) in [5, 5.41) is 0. The van der Waals surface area contributed by atoms with Crippen LogP contribution in [0.2, 0.25) is 0 Å². The monoisotopic (exact) mass is 643 g/mol. The molecule has 9 nitrogen and oxygen atoms in total. The molecule has 6 heterocycles. The Hall–Kier alpha value is -2.28. The van der Waals surface area contributed by atoms with Crippen LogP contribution in [0.1, 0.15) is 47.7 Å². The van der Waals surface area contributed by atoms with Crippen molar-refractivity contribution in [3.8, 4) is 6.01 Å². The maximum atomic E-state index is 12.6. The number of amides is 1. The number of rotatable bonds is 6. The summed E-state index contributed by atoms with van der Waals surface area (Å²) in [5.74, 6) is 1.00. The van der Waals surface area contributed by atoms with Crippen molar-refractivity contribution in [2.24, 2.45) is 0 Å². The van der Waals surface area contributed by atoms with E-state index in [9.17, 15) is 4.79 Å². The number of aromatic nitrogens is 2. The molecule has 1 aliphatic carbocycles. The molecule has 6 aliphatic rings. The number of fused-ring (bicyclic) bond motifs is 6. The van der Waals surface area contributed by atoms with Crippen molar-refractivity contribution in [1.29, 1.82) is 0 Å². The Labute approximate surface area is 240 Å².